The molecule has 1 amide bonds. The van der Waals surface area contributed by atoms with Gasteiger partial charge in [0.05, 0.1) is 18.7 Å². The van der Waals surface area contributed by atoms with Crippen LogP contribution in [0, 0.1) is 5.92 Å². The predicted octanol–water partition coefficient (Wildman–Crippen LogP) is 2.56. The maximum Gasteiger partial charge on any atom is 0.235 e. The fourth-order valence-corrected chi connectivity index (χ4v) is 2.06. The third-order valence-corrected chi connectivity index (χ3v) is 3.49. The summed E-state index contributed by atoms with van der Waals surface area (Å²) >= 11 is 3.35. The van der Waals surface area contributed by atoms with Gasteiger partial charge in [-0.3, -0.25) is 4.79 Å². The number of rotatable bonds is 6. The van der Waals surface area contributed by atoms with Gasteiger partial charge in [0.2, 0.25) is 5.91 Å². The van der Waals surface area contributed by atoms with Crippen LogP contribution in [0.25, 0.3) is 0 Å². The van der Waals surface area contributed by atoms with E-state index in [0.29, 0.717) is 17.9 Å². The van der Waals surface area contributed by atoms with Gasteiger partial charge in [-0.25, -0.2) is 0 Å². The van der Waals surface area contributed by atoms with Crippen LogP contribution in [-0.2, 0) is 4.79 Å². The Kier molecular flexibility index (Phi) is 6.30. The summed E-state index contributed by atoms with van der Waals surface area (Å²) in [5, 5.41) is 14.4. The summed E-state index contributed by atoms with van der Waals surface area (Å²) in [5.41, 5.74) is 6.13. The lowest BCUT2D eigenvalue weighted by Crippen LogP contribution is -2.34. The van der Waals surface area contributed by atoms with Crippen LogP contribution in [-0.4, -0.2) is 24.1 Å². The van der Waals surface area contributed by atoms with E-state index in [2.05, 4.69) is 26.4 Å². The second-order valence-electron chi connectivity index (χ2n) is 4.20. The second kappa shape index (κ2) is 7.74. The SMILES string of the molecule is CCCC(C(=O)Nc1cc(OC)ccc1Br)C(N)=NO. The van der Waals surface area contributed by atoms with Gasteiger partial charge >= 0.3 is 0 Å². The Morgan fingerprint density at radius 1 is 1.60 bits per heavy atom. The topological polar surface area (TPSA) is 96.9 Å². The van der Waals surface area contributed by atoms with E-state index in [9.17, 15) is 4.79 Å². The number of nitrogens with two attached hydrogens (primary N) is 1. The maximum absolute atomic E-state index is 12.2. The number of halogens is 1. The smallest absolute Gasteiger partial charge is 0.235 e. The number of oxime groups is 1. The lowest BCUT2D eigenvalue weighted by atomic mass is 10.0. The van der Waals surface area contributed by atoms with Gasteiger partial charge in [0.1, 0.15) is 5.75 Å². The summed E-state index contributed by atoms with van der Waals surface area (Å²) < 4.78 is 5.83. The van der Waals surface area contributed by atoms with Crippen LogP contribution in [0.5, 0.6) is 5.75 Å². The molecule has 1 aromatic carbocycles. The zero-order valence-corrected chi connectivity index (χ0v) is 13.0. The van der Waals surface area contributed by atoms with E-state index in [1.165, 1.54) is 0 Å². The molecule has 0 saturated carbocycles. The van der Waals surface area contributed by atoms with E-state index in [0.717, 1.165) is 10.9 Å². The van der Waals surface area contributed by atoms with E-state index in [1.54, 1.807) is 25.3 Å². The Morgan fingerprint density at radius 2 is 2.30 bits per heavy atom. The Balaban J connectivity index is 2.93. The molecular formula is C13H18BrN3O3. The van der Waals surface area contributed by atoms with Gasteiger partial charge in [0.15, 0.2) is 5.84 Å². The first-order valence-electron chi connectivity index (χ1n) is 6.15. The number of amides is 1. The molecule has 0 spiro atoms. The molecule has 0 bridgehead atoms. The Hall–Kier alpha value is -1.76. The number of ether oxygens (including phenoxy) is 1. The number of anilines is 1. The number of carbonyl (C=O) groups excluding carboxylic acids is 1. The molecule has 1 unspecified atom stereocenters. The fraction of sp³-hybridized carbons (Fsp3) is 0.385. The van der Waals surface area contributed by atoms with Gasteiger partial charge in [-0.15, -0.1) is 0 Å². The standard InChI is InChI=1S/C13H18BrN3O3/c1-3-4-9(12(15)17-19)13(18)16-11-7-8(20-2)5-6-10(11)14/h5-7,9,19H,3-4H2,1-2H3,(H2,15,17)(H,16,18). The molecule has 0 aliphatic rings. The molecular weight excluding hydrogens is 326 g/mol. The summed E-state index contributed by atoms with van der Waals surface area (Å²) in [5.74, 6) is -0.457. The molecule has 0 saturated heterocycles. The number of carbonyl (C=O) groups is 1. The van der Waals surface area contributed by atoms with Crippen LogP contribution < -0.4 is 15.8 Å². The van der Waals surface area contributed by atoms with Gasteiger partial charge in [-0.1, -0.05) is 18.5 Å². The molecule has 7 heteroatoms. The zero-order chi connectivity index (χ0) is 15.1. The van der Waals surface area contributed by atoms with E-state index in [4.69, 9.17) is 15.7 Å². The second-order valence-corrected chi connectivity index (χ2v) is 5.06. The largest absolute Gasteiger partial charge is 0.497 e. The van der Waals surface area contributed by atoms with E-state index < -0.39 is 5.92 Å². The van der Waals surface area contributed by atoms with Gasteiger partial charge < -0.3 is 21.0 Å². The average Bonchev–Trinajstić information content (AvgIpc) is 2.46. The summed E-state index contributed by atoms with van der Waals surface area (Å²) in [6.07, 6.45) is 1.25. The van der Waals surface area contributed by atoms with Crippen LogP contribution in [0.1, 0.15) is 19.8 Å². The Bertz CT molecular complexity index is 506. The monoisotopic (exact) mass is 343 g/mol. The molecule has 0 fully saturated rings. The van der Waals surface area contributed by atoms with Crippen molar-refractivity contribution in [2.24, 2.45) is 16.8 Å². The van der Waals surface area contributed by atoms with Crippen molar-refractivity contribution in [3.05, 3.63) is 22.7 Å². The van der Waals surface area contributed by atoms with Gasteiger partial charge in [-0.05, 0) is 34.5 Å². The summed E-state index contributed by atoms with van der Waals surface area (Å²) in [7, 11) is 1.55. The van der Waals surface area contributed by atoms with Crippen molar-refractivity contribution in [1.82, 2.24) is 0 Å². The lowest BCUT2D eigenvalue weighted by Gasteiger charge is -2.16. The van der Waals surface area contributed by atoms with Crippen molar-refractivity contribution in [2.45, 2.75) is 19.8 Å². The molecule has 1 atom stereocenters. The number of benzene rings is 1. The van der Waals surface area contributed by atoms with Crippen molar-refractivity contribution >= 4 is 33.4 Å². The molecule has 6 nitrogen and oxygen atoms in total. The fourth-order valence-electron chi connectivity index (χ4n) is 1.72. The molecule has 1 aromatic rings. The van der Waals surface area contributed by atoms with Crippen LogP contribution in [0.15, 0.2) is 27.8 Å². The summed E-state index contributed by atoms with van der Waals surface area (Å²) in [4.78, 5) is 12.2. The minimum Gasteiger partial charge on any atom is -0.497 e. The van der Waals surface area contributed by atoms with Crippen molar-refractivity contribution in [2.75, 3.05) is 12.4 Å². The van der Waals surface area contributed by atoms with E-state index >= 15 is 0 Å². The third-order valence-electron chi connectivity index (χ3n) is 2.80. The molecule has 0 aliphatic heterocycles. The Labute approximate surface area is 126 Å². The minimum absolute atomic E-state index is 0.0941. The normalized spacial score (nSPS) is 12.8. The predicted molar refractivity (Wildman–Crippen MR) is 81.1 cm³/mol. The molecule has 20 heavy (non-hydrogen) atoms. The van der Waals surface area contributed by atoms with Crippen LogP contribution in [0.2, 0.25) is 0 Å². The molecule has 0 heterocycles. The summed E-state index contributed by atoms with van der Waals surface area (Å²) in [6.45, 7) is 1.92. The van der Waals surface area contributed by atoms with Crippen LogP contribution in [0.3, 0.4) is 0 Å². The van der Waals surface area contributed by atoms with Crippen molar-refractivity contribution in [3.63, 3.8) is 0 Å². The van der Waals surface area contributed by atoms with Crippen molar-refractivity contribution < 1.29 is 14.7 Å². The number of methoxy groups -OCH3 is 1. The molecule has 4 N–H and O–H groups in total. The highest BCUT2D eigenvalue weighted by Gasteiger charge is 2.23. The van der Waals surface area contributed by atoms with Crippen LogP contribution >= 0.6 is 15.9 Å². The number of hydrogen-bond acceptors (Lipinski definition) is 4. The number of nitrogens with one attached hydrogen (secondary N) is 1. The van der Waals surface area contributed by atoms with Gasteiger partial charge in [0, 0.05) is 10.5 Å². The highest BCUT2D eigenvalue weighted by Crippen LogP contribution is 2.27. The van der Waals surface area contributed by atoms with Crippen molar-refractivity contribution in [1.29, 1.82) is 0 Å². The first-order chi connectivity index (χ1) is 9.53. The molecule has 0 radical (unpaired) electrons. The number of nitrogens with zero attached hydrogens (tertiary/aromatic N) is 1. The van der Waals surface area contributed by atoms with Crippen molar-refractivity contribution in [3.8, 4) is 5.75 Å². The number of hydrogen-bond donors (Lipinski definition) is 3. The number of amidine groups is 1. The Morgan fingerprint density at radius 3 is 2.85 bits per heavy atom. The van der Waals surface area contributed by atoms with E-state index in [1.807, 2.05) is 6.92 Å². The first kappa shape index (κ1) is 16.3. The van der Waals surface area contributed by atoms with E-state index in [-0.39, 0.29) is 11.7 Å². The van der Waals surface area contributed by atoms with Gasteiger partial charge in [0.25, 0.3) is 0 Å². The lowest BCUT2D eigenvalue weighted by molar-refractivity contribution is -0.118. The quantitative estimate of drug-likeness (QED) is 0.320. The molecule has 110 valence electrons. The first-order valence-corrected chi connectivity index (χ1v) is 6.94. The van der Waals surface area contributed by atoms with Gasteiger partial charge in [-0.2, -0.15) is 0 Å². The highest BCUT2D eigenvalue weighted by molar-refractivity contribution is 9.10. The molecule has 0 aliphatic carbocycles. The zero-order valence-electron chi connectivity index (χ0n) is 11.4. The summed E-state index contributed by atoms with van der Waals surface area (Å²) in [6, 6.07) is 5.23. The maximum atomic E-state index is 12.2. The minimum atomic E-state index is -0.664. The average molecular weight is 344 g/mol. The van der Waals surface area contributed by atoms with Crippen LogP contribution in [0.4, 0.5) is 5.69 Å². The molecule has 0 aromatic heterocycles. The highest BCUT2D eigenvalue weighted by atomic mass is 79.9. The molecule has 1 rings (SSSR count). The third kappa shape index (κ3) is 4.12.